The zero-order valence-corrected chi connectivity index (χ0v) is 15.5. The molecule has 0 fully saturated rings. The summed E-state index contributed by atoms with van der Waals surface area (Å²) in [6.45, 7) is 5.53. The van der Waals surface area contributed by atoms with Gasteiger partial charge in [-0.2, -0.15) is 0 Å². The van der Waals surface area contributed by atoms with Gasteiger partial charge in [0.1, 0.15) is 6.04 Å². The fourth-order valence-electron chi connectivity index (χ4n) is 2.64. The van der Waals surface area contributed by atoms with Crippen LogP contribution in [0.1, 0.15) is 46.5 Å². The van der Waals surface area contributed by atoms with Crippen LogP contribution in [0.2, 0.25) is 0 Å². The average Bonchev–Trinajstić information content (AvgIpc) is 2.62. The molecule has 0 unspecified atom stereocenters. The lowest BCUT2D eigenvalue weighted by atomic mass is 10.0. The predicted molar refractivity (Wildman–Crippen MR) is 102 cm³/mol. The number of carboxylic acids is 1. The highest BCUT2D eigenvalue weighted by atomic mass is 16.4. The third-order valence-corrected chi connectivity index (χ3v) is 4.01. The number of carbonyl (C=O) groups is 3. The Morgan fingerprint density at radius 1 is 1.07 bits per heavy atom. The molecule has 3 N–H and O–H groups in total. The van der Waals surface area contributed by atoms with Crippen molar-refractivity contribution in [2.75, 3.05) is 5.32 Å². The van der Waals surface area contributed by atoms with Crippen LogP contribution in [0, 0.1) is 12.8 Å². The van der Waals surface area contributed by atoms with E-state index in [0.29, 0.717) is 23.2 Å². The van der Waals surface area contributed by atoms with E-state index in [1.165, 1.54) is 12.4 Å². The first-order chi connectivity index (χ1) is 12.8. The molecular formula is C20H23N3O4. The van der Waals surface area contributed by atoms with Gasteiger partial charge in [0.25, 0.3) is 11.8 Å². The van der Waals surface area contributed by atoms with Crippen molar-refractivity contribution in [3.05, 3.63) is 59.4 Å². The molecule has 0 bridgehead atoms. The number of benzene rings is 1. The van der Waals surface area contributed by atoms with Gasteiger partial charge in [0, 0.05) is 18.0 Å². The molecule has 1 atom stereocenters. The number of carbonyl (C=O) groups excluding carboxylic acids is 2. The van der Waals surface area contributed by atoms with Gasteiger partial charge in [-0.3, -0.25) is 14.6 Å². The molecule has 27 heavy (non-hydrogen) atoms. The van der Waals surface area contributed by atoms with Gasteiger partial charge in [0.05, 0.1) is 11.3 Å². The second-order valence-corrected chi connectivity index (χ2v) is 6.68. The lowest BCUT2D eigenvalue weighted by Gasteiger charge is -2.19. The Bertz CT molecular complexity index is 834. The number of aromatic nitrogens is 1. The van der Waals surface area contributed by atoms with E-state index in [1.54, 1.807) is 37.3 Å². The zero-order valence-electron chi connectivity index (χ0n) is 15.5. The second-order valence-electron chi connectivity index (χ2n) is 6.68. The summed E-state index contributed by atoms with van der Waals surface area (Å²) in [7, 11) is 0. The smallest absolute Gasteiger partial charge is 0.326 e. The first-order valence-corrected chi connectivity index (χ1v) is 8.64. The van der Waals surface area contributed by atoms with Crippen molar-refractivity contribution in [1.82, 2.24) is 10.3 Å². The molecule has 0 aliphatic carbocycles. The molecule has 0 saturated carbocycles. The number of carboxylic acid groups (broad SMARTS) is 1. The van der Waals surface area contributed by atoms with Gasteiger partial charge in [-0.15, -0.1) is 0 Å². The number of para-hydroxylation sites is 1. The van der Waals surface area contributed by atoms with Gasteiger partial charge < -0.3 is 15.7 Å². The first-order valence-electron chi connectivity index (χ1n) is 8.64. The van der Waals surface area contributed by atoms with E-state index in [0.717, 1.165) is 0 Å². The van der Waals surface area contributed by atoms with Crippen molar-refractivity contribution in [3.63, 3.8) is 0 Å². The summed E-state index contributed by atoms with van der Waals surface area (Å²) in [5.41, 5.74) is 1.67. The first kappa shape index (κ1) is 20.1. The molecule has 2 aromatic rings. The molecule has 0 aliphatic heterocycles. The number of aryl methyl sites for hydroxylation is 1. The molecule has 2 amide bonds. The van der Waals surface area contributed by atoms with E-state index in [4.69, 9.17) is 0 Å². The summed E-state index contributed by atoms with van der Waals surface area (Å²) >= 11 is 0. The molecular weight excluding hydrogens is 346 g/mol. The number of amides is 2. The highest BCUT2D eigenvalue weighted by Gasteiger charge is 2.24. The van der Waals surface area contributed by atoms with Gasteiger partial charge >= 0.3 is 5.97 Å². The van der Waals surface area contributed by atoms with Crippen LogP contribution >= 0.6 is 0 Å². The molecule has 2 rings (SSSR count). The maximum atomic E-state index is 12.7. The Hall–Kier alpha value is -3.22. The predicted octanol–water partition coefficient (Wildman–Crippen LogP) is 2.87. The maximum absolute atomic E-state index is 12.7. The topological polar surface area (TPSA) is 108 Å². The molecule has 142 valence electrons. The van der Waals surface area contributed by atoms with Crippen molar-refractivity contribution in [1.29, 1.82) is 0 Å². The number of aliphatic carboxylic acids is 1. The molecule has 1 aromatic heterocycles. The normalized spacial score (nSPS) is 11.7. The fraction of sp³-hybridized carbons (Fsp3) is 0.300. The summed E-state index contributed by atoms with van der Waals surface area (Å²) in [5.74, 6) is -1.91. The third-order valence-electron chi connectivity index (χ3n) is 4.01. The summed E-state index contributed by atoms with van der Waals surface area (Å²) in [4.78, 5) is 40.4. The Morgan fingerprint density at radius 3 is 2.33 bits per heavy atom. The van der Waals surface area contributed by atoms with Crippen LogP contribution < -0.4 is 10.6 Å². The number of rotatable bonds is 7. The van der Waals surface area contributed by atoms with Gasteiger partial charge in [0.15, 0.2) is 0 Å². The minimum Gasteiger partial charge on any atom is -0.480 e. The highest BCUT2D eigenvalue weighted by molar-refractivity contribution is 6.10. The van der Waals surface area contributed by atoms with Crippen LogP contribution in [-0.4, -0.2) is 33.9 Å². The zero-order chi connectivity index (χ0) is 20.0. The number of hydrogen-bond acceptors (Lipinski definition) is 4. The van der Waals surface area contributed by atoms with Crippen LogP contribution in [-0.2, 0) is 4.79 Å². The molecule has 1 heterocycles. The lowest BCUT2D eigenvalue weighted by Crippen LogP contribution is -2.42. The quantitative estimate of drug-likeness (QED) is 0.695. The SMILES string of the molecule is Cc1cccc(C(=O)N[C@H](CC(C)C)C(=O)O)c1NC(=O)c1ccncc1. The molecule has 1 aromatic carbocycles. The molecule has 0 aliphatic rings. The number of anilines is 1. The van der Waals surface area contributed by atoms with E-state index in [9.17, 15) is 19.5 Å². The second kappa shape index (κ2) is 8.93. The Labute approximate surface area is 157 Å². The summed E-state index contributed by atoms with van der Waals surface area (Å²) in [6, 6.07) is 7.14. The van der Waals surface area contributed by atoms with Crippen molar-refractivity contribution in [2.24, 2.45) is 5.92 Å². The highest BCUT2D eigenvalue weighted by Crippen LogP contribution is 2.22. The molecule has 0 radical (unpaired) electrons. The van der Waals surface area contributed by atoms with Crippen molar-refractivity contribution >= 4 is 23.5 Å². The minimum atomic E-state index is -1.09. The molecule has 7 heteroatoms. The van der Waals surface area contributed by atoms with Crippen molar-refractivity contribution in [3.8, 4) is 0 Å². The Balaban J connectivity index is 2.27. The van der Waals surface area contributed by atoms with E-state index in [2.05, 4.69) is 15.6 Å². The summed E-state index contributed by atoms with van der Waals surface area (Å²) < 4.78 is 0. The van der Waals surface area contributed by atoms with Crippen molar-refractivity contribution < 1.29 is 19.5 Å². The van der Waals surface area contributed by atoms with Crippen LogP contribution in [0.3, 0.4) is 0 Å². The number of nitrogens with zero attached hydrogens (tertiary/aromatic N) is 1. The summed E-state index contributed by atoms with van der Waals surface area (Å²) in [5, 5.41) is 14.6. The van der Waals surface area contributed by atoms with Crippen LogP contribution in [0.15, 0.2) is 42.7 Å². The summed E-state index contributed by atoms with van der Waals surface area (Å²) in [6.07, 6.45) is 3.32. The fourth-order valence-corrected chi connectivity index (χ4v) is 2.64. The molecule has 7 nitrogen and oxygen atoms in total. The van der Waals surface area contributed by atoms with E-state index >= 15 is 0 Å². The van der Waals surface area contributed by atoms with E-state index in [1.807, 2.05) is 13.8 Å². The minimum absolute atomic E-state index is 0.106. The molecule has 0 spiro atoms. The monoisotopic (exact) mass is 369 g/mol. The number of nitrogens with one attached hydrogen (secondary N) is 2. The maximum Gasteiger partial charge on any atom is 0.326 e. The lowest BCUT2D eigenvalue weighted by molar-refractivity contribution is -0.139. The Morgan fingerprint density at radius 2 is 1.74 bits per heavy atom. The van der Waals surface area contributed by atoms with Gasteiger partial charge in [-0.25, -0.2) is 4.79 Å². The Kier molecular flexibility index (Phi) is 6.65. The van der Waals surface area contributed by atoms with Crippen LogP contribution in [0.25, 0.3) is 0 Å². The standard InChI is InChI=1S/C20H23N3O4/c1-12(2)11-16(20(26)27)22-19(25)15-6-4-5-13(3)17(15)23-18(24)14-7-9-21-10-8-14/h4-10,12,16H,11H2,1-3H3,(H,22,25)(H,23,24)(H,26,27)/t16-/m1/s1. The van der Waals surface area contributed by atoms with Crippen molar-refractivity contribution in [2.45, 2.75) is 33.2 Å². The van der Waals surface area contributed by atoms with Crippen LogP contribution in [0.5, 0.6) is 0 Å². The van der Waals surface area contributed by atoms with Gasteiger partial charge in [0.2, 0.25) is 0 Å². The average molecular weight is 369 g/mol. The van der Waals surface area contributed by atoms with Gasteiger partial charge in [-0.05, 0) is 43.0 Å². The third kappa shape index (κ3) is 5.37. The number of hydrogen-bond donors (Lipinski definition) is 3. The largest absolute Gasteiger partial charge is 0.480 e. The van der Waals surface area contributed by atoms with E-state index in [-0.39, 0.29) is 17.4 Å². The van der Waals surface area contributed by atoms with Gasteiger partial charge in [-0.1, -0.05) is 26.0 Å². The van der Waals surface area contributed by atoms with Crippen LogP contribution in [0.4, 0.5) is 5.69 Å². The molecule has 0 saturated heterocycles. The number of pyridine rings is 1. The van der Waals surface area contributed by atoms with E-state index < -0.39 is 17.9 Å².